The number of hydrogen-bond acceptors (Lipinski definition) is 6. The minimum absolute atomic E-state index is 0.0236. The van der Waals surface area contributed by atoms with Gasteiger partial charge in [-0.3, -0.25) is 9.36 Å². The van der Waals surface area contributed by atoms with Crippen LogP contribution in [0.3, 0.4) is 0 Å². The fraction of sp³-hybridized carbons (Fsp3) is 0.278. The number of thiophene rings is 2. The van der Waals surface area contributed by atoms with E-state index in [1.807, 2.05) is 22.9 Å². The molecular weight excluding hydrogens is 370 g/mol. The molecule has 0 amide bonds. The highest BCUT2D eigenvalue weighted by atomic mass is 32.2. The Kier molecular flexibility index (Phi) is 5.74. The molecule has 0 saturated carbocycles. The van der Waals surface area contributed by atoms with Crippen molar-refractivity contribution in [3.05, 3.63) is 45.9 Å². The van der Waals surface area contributed by atoms with Crippen molar-refractivity contribution in [3.63, 3.8) is 0 Å². The summed E-state index contributed by atoms with van der Waals surface area (Å²) in [7, 11) is 0. The quantitative estimate of drug-likeness (QED) is 0.319. The van der Waals surface area contributed by atoms with E-state index in [4.69, 9.17) is 10.2 Å². The van der Waals surface area contributed by atoms with Crippen LogP contribution in [0.5, 0.6) is 0 Å². The van der Waals surface area contributed by atoms with E-state index < -0.39 is 0 Å². The predicted octanol–water partition coefficient (Wildman–Crippen LogP) is 5.16. The average molecular weight is 388 g/mol. The Morgan fingerprint density at radius 1 is 1.52 bits per heavy atom. The number of hydrogen-bond donors (Lipinski definition) is 0. The summed E-state index contributed by atoms with van der Waals surface area (Å²) >= 11 is 4.67. The highest BCUT2D eigenvalue weighted by molar-refractivity contribution is 7.99. The second-order valence-corrected chi connectivity index (χ2v) is 8.74. The standard InChI is InChI=1S/C18H17N3OS3/c1-3-9-21-17(22)15-13(14-7-5-10-23-14)11-24-16(15)20-18(21)25-12(2)6-4-8-19/h3,5,7,10-12H,1,4,6,9H2,2H3/t12-/m1/s1. The third-order valence-corrected chi connectivity index (χ3v) is 6.66. The van der Waals surface area contributed by atoms with Gasteiger partial charge in [0.1, 0.15) is 4.83 Å². The Labute approximate surface area is 158 Å². The van der Waals surface area contributed by atoms with Crippen LogP contribution in [0.1, 0.15) is 19.8 Å². The molecule has 3 aromatic rings. The summed E-state index contributed by atoms with van der Waals surface area (Å²) in [6.07, 6.45) is 2.99. The monoisotopic (exact) mass is 387 g/mol. The normalized spacial score (nSPS) is 12.2. The van der Waals surface area contributed by atoms with Gasteiger partial charge in [-0.2, -0.15) is 5.26 Å². The van der Waals surface area contributed by atoms with Gasteiger partial charge in [-0.1, -0.05) is 30.8 Å². The van der Waals surface area contributed by atoms with Gasteiger partial charge >= 0.3 is 0 Å². The smallest absolute Gasteiger partial charge is 0.263 e. The van der Waals surface area contributed by atoms with Crippen LogP contribution >= 0.6 is 34.4 Å². The number of fused-ring (bicyclic) bond motifs is 1. The number of nitrogens with zero attached hydrogens (tertiary/aromatic N) is 3. The summed E-state index contributed by atoms with van der Waals surface area (Å²) in [5.41, 5.74) is 0.934. The molecule has 25 heavy (non-hydrogen) atoms. The van der Waals surface area contributed by atoms with Gasteiger partial charge < -0.3 is 0 Å². The summed E-state index contributed by atoms with van der Waals surface area (Å²) in [6.45, 7) is 6.25. The fourth-order valence-electron chi connectivity index (χ4n) is 2.51. The van der Waals surface area contributed by atoms with Crippen LogP contribution in [0.4, 0.5) is 0 Å². The van der Waals surface area contributed by atoms with E-state index in [0.29, 0.717) is 23.5 Å². The number of rotatable bonds is 7. The largest absolute Gasteiger partial charge is 0.283 e. The van der Waals surface area contributed by atoms with Gasteiger partial charge in [0.25, 0.3) is 5.56 Å². The molecule has 3 rings (SSSR count). The molecule has 1 atom stereocenters. The summed E-state index contributed by atoms with van der Waals surface area (Å²) in [6, 6.07) is 6.18. The molecular formula is C18H17N3OS3. The van der Waals surface area contributed by atoms with Crippen molar-refractivity contribution in [2.45, 2.75) is 36.7 Å². The molecule has 0 N–H and O–H groups in total. The molecule has 0 saturated heterocycles. The first-order valence-electron chi connectivity index (χ1n) is 7.86. The van der Waals surface area contributed by atoms with Crippen LogP contribution < -0.4 is 5.56 Å². The SMILES string of the molecule is C=CCn1c(S[C@H](C)CCC#N)nc2scc(-c3cccs3)c2c1=O. The van der Waals surface area contributed by atoms with E-state index in [0.717, 1.165) is 21.7 Å². The Bertz CT molecular complexity index is 980. The van der Waals surface area contributed by atoms with E-state index in [-0.39, 0.29) is 10.8 Å². The lowest BCUT2D eigenvalue weighted by molar-refractivity contribution is 0.669. The van der Waals surface area contributed by atoms with Crippen LogP contribution in [0.25, 0.3) is 20.7 Å². The molecule has 0 aliphatic carbocycles. The Hall–Kier alpha value is -1.88. The van der Waals surface area contributed by atoms with E-state index in [1.165, 1.54) is 11.3 Å². The average Bonchev–Trinajstić information content (AvgIpc) is 3.25. The molecule has 0 bridgehead atoms. The highest BCUT2D eigenvalue weighted by Gasteiger charge is 2.18. The molecule has 0 aliphatic rings. The van der Waals surface area contributed by atoms with Gasteiger partial charge in [0.05, 0.1) is 11.5 Å². The third-order valence-electron chi connectivity index (χ3n) is 3.73. The second kappa shape index (κ2) is 8.00. The van der Waals surface area contributed by atoms with E-state index in [1.54, 1.807) is 33.7 Å². The van der Waals surface area contributed by atoms with Crippen molar-refractivity contribution in [1.82, 2.24) is 9.55 Å². The molecule has 0 spiro atoms. The first kappa shape index (κ1) is 17.9. The zero-order valence-corrected chi connectivity index (χ0v) is 16.2. The third kappa shape index (κ3) is 3.71. The van der Waals surface area contributed by atoms with Crippen molar-refractivity contribution >= 4 is 44.7 Å². The minimum atomic E-state index is -0.0236. The number of allylic oxidation sites excluding steroid dienone is 1. The van der Waals surface area contributed by atoms with Crippen molar-refractivity contribution < 1.29 is 0 Å². The van der Waals surface area contributed by atoms with E-state index in [9.17, 15) is 4.79 Å². The topological polar surface area (TPSA) is 58.7 Å². The Morgan fingerprint density at radius 2 is 2.36 bits per heavy atom. The van der Waals surface area contributed by atoms with Crippen LogP contribution in [0.15, 0.2) is 45.5 Å². The molecule has 3 aromatic heterocycles. The molecule has 0 radical (unpaired) electrons. The lowest BCUT2D eigenvalue weighted by Gasteiger charge is -2.14. The zero-order valence-electron chi connectivity index (χ0n) is 13.8. The van der Waals surface area contributed by atoms with Gasteiger partial charge in [0.15, 0.2) is 5.16 Å². The van der Waals surface area contributed by atoms with Gasteiger partial charge in [-0.05, 0) is 17.9 Å². The van der Waals surface area contributed by atoms with Gasteiger partial charge in [-0.15, -0.1) is 29.3 Å². The van der Waals surface area contributed by atoms with E-state index >= 15 is 0 Å². The van der Waals surface area contributed by atoms with E-state index in [2.05, 4.69) is 19.6 Å². The first-order chi connectivity index (χ1) is 12.2. The Balaban J connectivity index is 2.10. The van der Waals surface area contributed by atoms with Crippen molar-refractivity contribution in [3.8, 4) is 16.5 Å². The maximum atomic E-state index is 13.1. The Morgan fingerprint density at radius 3 is 3.04 bits per heavy atom. The summed E-state index contributed by atoms with van der Waals surface area (Å²) in [4.78, 5) is 19.7. The molecule has 4 nitrogen and oxygen atoms in total. The maximum absolute atomic E-state index is 13.1. The van der Waals surface area contributed by atoms with Gasteiger partial charge in [0, 0.05) is 34.0 Å². The van der Waals surface area contributed by atoms with Crippen LogP contribution in [0, 0.1) is 11.3 Å². The number of thioether (sulfide) groups is 1. The number of aromatic nitrogens is 2. The van der Waals surface area contributed by atoms with Gasteiger partial charge in [-0.25, -0.2) is 4.98 Å². The minimum Gasteiger partial charge on any atom is -0.283 e. The molecule has 0 unspecified atom stereocenters. The summed E-state index contributed by atoms with van der Waals surface area (Å²) < 4.78 is 1.69. The van der Waals surface area contributed by atoms with Crippen molar-refractivity contribution in [2.75, 3.05) is 0 Å². The molecule has 0 aromatic carbocycles. The molecule has 7 heteroatoms. The van der Waals surface area contributed by atoms with Gasteiger partial charge in [0.2, 0.25) is 0 Å². The lowest BCUT2D eigenvalue weighted by atomic mass is 10.2. The summed E-state index contributed by atoms with van der Waals surface area (Å²) in [5.74, 6) is 0. The molecule has 0 fully saturated rings. The molecule has 128 valence electrons. The molecule has 0 aliphatic heterocycles. The lowest BCUT2D eigenvalue weighted by Crippen LogP contribution is -2.23. The van der Waals surface area contributed by atoms with Crippen molar-refractivity contribution in [1.29, 1.82) is 5.26 Å². The highest BCUT2D eigenvalue weighted by Crippen LogP contribution is 2.35. The van der Waals surface area contributed by atoms with Crippen LogP contribution in [0.2, 0.25) is 0 Å². The van der Waals surface area contributed by atoms with Crippen LogP contribution in [-0.2, 0) is 6.54 Å². The second-order valence-electron chi connectivity index (χ2n) is 5.53. The summed E-state index contributed by atoms with van der Waals surface area (Å²) in [5, 5.41) is 14.4. The molecule has 3 heterocycles. The fourth-order valence-corrected chi connectivity index (χ4v) is 5.34. The van der Waals surface area contributed by atoms with Crippen molar-refractivity contribution in [2.24, 2.45) is 0 Å². The zero-order chi connectivity index (χ0) is 17.8. The number of nitriles is 1. The first-order valence-corrected chi connectivity index (χ1v) is 10.5. The van der Waals surface area contributed by atoms with Crippen LogP contribution in [-0.4, -0.2) is 14.8 Å². The maximum Gasteiger partial charge on any atom is 0.263 e. The predicted molar refractivity (Wildman–Crippen MR) is 108 cm³/mol.